The highest BCUT2D eigenvalue weighted by Gasteiger charge is 2.21. The second-order valence-electron chi connectivity index (χ2n) is 12.1. The summed E-state index contributed by atoms with van der Waals surface area (Å²) in [6, 6.07) is 60.2. The van der Waals surface area contributed by atoms with Crippen molar-refractivity contribution in [1.29, 1.82) is 0 Å². The minimum atomic E-state index is 1.18. The molecule has 0 saturated heterocycles. The van der Waals surface area contributed by atoms with Crippen molar-refractivity contribution >= 4 is 55.1 Å². The van der Waals surface area contributed by atoms with E-state index in [2.05, 4.69) is 168 Å². The molecule has 9 aromatic rings. The number of fused-ring (bicyclic) bond motifs is 7. The molecule has 2 heterocycles. The maximum atomic E-state index is 2.42. The Morgan fingerprint density at radius 2 is 1.13 bits per heavy atom. The molecule has 46 heavy (non-hydrogen) atoms. The van der Waals surface area contributed by atoms with Gasteiger partial charge in [0.25, 0.3) is 0 Å². The molecule has 214 valence electrons. The quantitative estimate of drug-likeness (QED) is 0.195. The third kappa shape index (κ3) is 3.77. The first-order chi connectivity index (χ1) is 22.8. The predicted octanol–water partition coefficient (Wildman–Crippen LogP) is 12.6. The molecule has 1 aromatic heterocycles. The number of nitrogens with zero attached hydrogens (tertiary/aromatic N) is 1. The third-order valence-corrected chi connectivity index (χ3v) is 10.7. The summed E-state index contributed by atoms with van der Waals surface area (Å²) in [6.07, 6.45) is 0. The summed E-state index contributed by atoms with van der Waals surface area (Å²) in [5.74, 6) is 0. The SMILES string of the molecule is c1ccc(-n2c3ccccc3c3ccc4cc(-c5cccc(-c6ccc7c8c(cccc68)-c6ccccc6S7)c5)ccc4c32)cc1. The van der Waals surface area contributed by atoms with Crippen molar-refractivity contribution in [2.75, 3.05) is 0 Å². The second kappa shape index (κ2) is 9.97. The first-order valence-electron chi connectivity index (χ1n) is 15.8. The van der Waals surface area contributed by atoms with E-state index in [0.717, 1.165) is 0 Å². The monoisotopic (exact) mass is 601 g/mol. The minimum Gasteiger partial charge on any atom is -0.309 e. The molecule has 1 nitrogen and oxygen atoms in total. The summed E-state index contributed by atoms with van der Waals surface area (Å²) in [7, 11) is 0. The predicted molar refractivity (Wildman–Crippen MR) is 196 cm³/mol. The van der Waals surface area contributed by atoms with Crippen molar-refractivity contribution < 1.29 is 0 Å². The summed E-state index contributed by atoms with van der Waals surface area (Å²) in [6.45, 7) is 0. The van der Waals surface area contributed by atoms with E-state index in [-0.39, 0.29) is 0 Å². The number of para-hydroxylation sites is 2. The van der Waals surface area contributed by atoms with Gasteiger partial charge in [-0.15, -0.1) is 0 Å². The Hall–Kier alpha value is -5.57. The first-order valence-corrected chi connectivity index (χ1v) is 16.6. The maximum Gasteiger partial charge on any atom is 0.0619 e. The number of hydrogen-bond acceptors (Lipinski definition) is 1. The average Bonchev–Trinajstić information content (AvgIpc) is 3.47. The van der Waals surface area contributed by atoms with Crippen LogP contribution < -0.4 is 0 Å². The Bertz CT molecular complexity index is 2660. The smallest absolute Gasteiger partial charge is 0.0619 e. The fourth-order valence-electron chi connectivity index (χ4n) is 7.51. The fraction of sp³-hybridized carbons (Fsp3) is 0. The standard InChI is InChI=1S/C44H27NS/c1-2-12-32(13-3-1)45-40-18-6-4-14-35(40)39-23-21-31-27-29(20-22-34(31)44(39)45)28-10-8-11-30(26-28)33-24-25-42-43-37(33)16-9-17-38(43)36-15-5-7-19-41(36)46-42/h1-27H. The van der Waals surface area contributed by atoms with Gasteiger partial charge in [-0.05, 0) is 86.6 Å². The highest BCUT2D eigenvalue weighted by molar-refractivity contribution is 7.99. The van der Waals surface area contributed by atoms with Crippen molar-refractivity contribution in [3.8, 4) is 39.1 Å². The zero-order valence-electron chi connectivity index (χ0n) is 24.9. The zero-order valence-corrected chi connectivity index (χ0v) is 25.8. The molecule has 1 aliphatic rings. The van der Waals surface area contributed by atoms with Crippen LogP contribution in [0.15, 0.2) is 174 Å². The van der Waals surface area contributed by atoms with Gasteiger partial charge in [-0.3, -0.25) is 0 Å². The van der Waals surface area contributed by atoms with Gasteiger partial charge in [0.05, 0.1) is 11.0 Å². The zero-order chi connectivity index (χ0) is 30.2. The summed E-state index contributed by atoms with van der Waals surface area (Å²) >= 11 is 1.88. The van der Waals surface area contributed by atoms with Gasteiger partial charge >= 0.3 is 0 Å². The summed E-state index contributed by atoms with van der Waals surface area (Å²) in [5, 5.41) is 7.74. The normalized spacial score (nSPS) is 12.3. The summed E-state index contributed by atoms with van der Waals surface area (Å²) in [5.41, 5.74) is 11.3. The van der Waals surface area contributed by atoms with Gasteiger partial charge in [-0.2, -0.15) is 0 Å². The molecule has 0 unspecified atom stereocenters. The molecule has 8 aromatic carbocycles. The van der Waals surface area contributed by atoms with Gasteiger partial charge in [-0.1, -0.05) is 133 Å². The summed E-state index contributed by atoms with van der Waals surface area (Å²) in [4.78, 5) is 2.66. The molecular formula is C44H27NS. The lowest BCUT2D eigenvalue weighted by Crippen LogP contribution is -1.94. The first kappa shape index (κ1) is 25.7. The van der Waals surface area contributed by atoms with E-state index in [0.29, 0.717) is 0 Å². The lowest BCUT2D eigenvalue weighted by molar-refractivity contribution is 1.19. The van der Waals surface area contributed by atoms with Crippen LogP contribution in [-0.2, 0) is 0 Å². The fourth-order valence-corrected chi connectivity index (χ4v) is 8.64. The van der Waals surface area contributed by atoms with Crippen molar-refractivity contribution in [3.05, 3.63) is 164 Å². The number of aromatic nitrogens is 1. The van der Waals surface area contributed by atoms with E-state index in [4.69, 9.17) is 0 Å². The van der Waals surface area contributed by atoms with Gasteiger partial charge < -0.3 is 4.57 Å². The molecule has 0 saturated carbocycles. The van der Waals surface area contributed by atoms with E-state index in [9.17, 15) is 0 Å². The topological polar surface area (TPSA) is 4.93 Å². The highest BCUT2D eigenvalue weighted by atomic mass is 32.2. The number of hydrogen-bond donors (Lipinski definition) is 0. The van der Waals surface area contributed by atoms with Gasteiger partial charge in [0.1, 0.15) is 0 Å². The van der Waals surface area contributed by atoms with Crippen LogP contribution in [0.25, 0.3) is 82.4 Å². The van der Waals surface area contributed by atoms with Crippen molar-refractivity contribution in [1.82, 2.24) is 4.57 Å². The molecular weight excluding hydrogens is 575 g/mol. The molecule has 0 N–H and O–H groups in total. The minimum absolute atomic E-state index is 1.18. The van der Waals surface area contributed by atoms with Crippen LogP contribution in [-0.4, -0.2) is 4.57 Å². The Morgan fingerprint density at radius 3 is 2.09 bits per heavy atom. The van der Waals surface area contributed by atoms with E-state index < -0.39 is 0 Å². The van der Waals surface area contributed by atoms with Gasteiger partial charge in [0, 0.05) is 37.0 Å². The van der Waals surface area contributed by atoms with E-state index in [1.807, 2.05) is 11.8 Å². The van der Waals surface area contributed by atoms with Crippen LogP contribution in [0, 0.1) is 0 Å². The van der Waals surface area contributed by atoms with Crippen molar-refractivity contribution in [2.45, 2.75) is 9.79 Å². The van der Waals surface area contributed by atoms with Crippen LogP contribution >= 0.6 is 11.8 Å². The number of benzene rings is 8. The Labute approximate surface area is 271 Å². The van der Waals surface area contributed by atoms with Crippen LogP contribution in [0.5, 0.6) is 0 Å². The molecule has 0 atom stereocenters. The maximum absolute atomic E-state index is 2.42. The molecule has 2 heteroatoms. The highest BCUT2D eigenvalue weighted by Crippen LogP contribution is 2.49. The lowest BCUT2D eigenvalue weighted by Gasteiger charge is -2.21. The van der Waals surface area contributed by atoms with E-state index in [1.165, 1.54) is 92.2 Å². The van der Waals surface area contributed by atoms with E-state index >= 15 is 0 Å². The summed E-state index contributed by atoms with van der Waals surface area (Å²) < 4.78 is 2.42. The van der Waals surface area contributed by atoms with Gasteiger partial charge in [0.2, 0.25) is 0 Å². The third-order valence-electron chi connectivity index (χ3n) is 9.57. The Balaban J connectivity index is 1.13. The molecule has 10 rings (SSSR count). The molecule has 0 radical (unpaired) electrons. The lowest BCUT2D eigenvalue weighted by atomic mass is 9.91. The Morgan fingerprint density at radius 1 is 0.391 bits per heavy atom. The van der Waals surface area contributed by atoms with E-state index in [1.54, 1.807) is 0 Å². The molecule has 0 aliphatic carbocycles. The molecule has 0 spiro atoms. The Kier molecular flexibility index (Phi) is 5.58. The molecule has 0 fully saturated rings. The van der Waals surface area contributed by atoms with Crippen LogP contribution in [0.1, 0.15) is 0 Å². The van der Waals surface area contributed by atoms with Crippen LogP contribution in [0.4, 0.5) is 0 Å². The largest absolute Gasteiger partial charge is 0.309 e. The van der Waals surface area contributed by atoms with Gasteiger partial charge in [0.15, 0.2) is 0 Å². The molecule has 0 amide bonds. The molecule has 0 bridgehead atoms. The van der Waals surface area contributed by atoms with Gasteiger partial charge in [-0.25, -0.2) is 0 Å². The average molecular weight is 602 g/mol. The second-order valence-corrected chi connectivity index (χ2v) is 13.2. The number of rotatable bonds is 3. The van der Waals surface area contributed by atoms with Crippen LogP contribution in [0.2, 0.25) is 0 Å². The molecule has 1 aliphatic heterocycles. The van der Waals surface area contributed by atoms with Crippen LogP contribution in [0.3, 0.4) is 0 Å². The van der Waals surface area contributed by atoms with Crippen molar-refractivity contribution in [3.63, 3.8) is 0 Å². The van der Waals surface area contributed by atoms with Crippen molar-refractivity contribution in [2.24, 2.45) is 0 Å².